The summed E-state index contributed by atoms with van der Waals surface area (Å²) in [4.78, 5) is 31.9. The van der Waals surface area contributed by atoms with E-state index in [1.165, 1.54) is 11.3 Å². The maximum Gasteiger partial charge on any atom is 0.338 e. The number of fused-ring (bicyclic) bond motifs is 1. The summed E-state index contributed by atoms with van der Waals surface area (Å²) in [6, 6.07) is 14.8. The number of halogens is 1. The molecule has 3 aromatic rings. The summed E-state index contributed by atoms with van der Waals surface area (Å²) < 4.78 is 14.4. The molecule has 0 fully saturated rings. The van der Waals surface area contributed by atoms with Crippen LogP contribution in [0.25, 0.3) is 6.08 Å². The van der Waals surface area contributed by atoms with Gasteiger partial charge in [0.25, 0.3) is 5.56 Å². The molecule has 0 radical (unpaired) electrons. The molecule has 4 rings (SSSR count). The van der Waals surface area contributed by atoms with Gasteiger partial charge in [-0.25, -0.2) is 9.79 Å². The van der Waals surface area contributed by atoms with Crippen LogP contribution in [-0.4, -0.2) is 23.2 Å². The van der Waals surface area contributed by atoms with Crippen LogP contribution in [0.4, 0.5) is 0 Å². The SMILES string of the molecule is CCOc1ccc([C@@H]2C(C(=O)OC(C)C)=C(C)N=c3s/c(=C/c4ccc(I)cc4)c(=O)n32)cc1. The molecule has 0 saturated carbocycles. The Morgan fingerprint density at radius 1 is 1.18 bits per heavy atom. The highest BCUT2D eigenvalue weighted by Crippen LogP contribution is 2.32. The number of esters is 1. The van der Waals surface area contributed by atoms with Gasteiger partial charge in [-0.15, -0.1) is 0 Å². The zero-order valence-corrected chi connectivity index (χ0v) is 22.3. The highest BCUT2D eigenvalue weighted by molar-refractivity contribution is 14.1. The number of benzene rings is 2. The first-order valence-corrected chi connectivity index (χ1v) is 12.9. The van der Waals surface area contributed by atoms with Crippen molar-refractivity contribution in [1.82, 2.24) is 4.57 Å². The summed E-state index contributed by atoms with van der Waals surface area (Å²) in [6.07, 6.45) is 1.57. The average molecular weight is 588 g/mol. The van der Waals surface area contributed by atoms with Gasteiger partial charge in [-0.2, -0.15) is 0 Å². The smallest absolute Gasteiger partial charge is 0.338 e. The van der Waals surface area contributed by atoms with E-state index in [1.807, 2.05) is 61.5 Å². The molecule has 0 unspecified atom stereocenters. The van der Waals surface area contributed by atoms with Gasteiger partial charge in [0.2, 0.25) is 0 Å². The van der Waals surface area contributed by atoms with Crippen LogP contribution in [0, 0.1) is 3.57 Å². The van der Waals surface area contributed by atoms with Crippen molar-refractivity contribution in [3.05, 3.63) is 94.2 Å². The predicted octanol–water partition coefficient (Wildman–Crippen LogP) is 4.19. The zero-order chi connectivity index (χ0) is 24.4. The van der Waals surface area contributed by atoms with Crippen molar-refractivity contribution >= 4 is 46.0 Å². The van der Waals surface area contributed by atoms with Crippen molar-refractivity contribution in [1.29, 1.82) is 0 Å². The van der Waals surface area contributed by atoms with Gasteiger partial charge in [-0.1, -0.05) is 35.6 Å². The van der Waals surface area contributed by atoms with Crippen LogP contribution in [0.1, 0.15) is 44.9 Å². The predicted molar refractivity (Wildman–Crippen MR) is 142 cm³/mol. The van der Waals surface area contributed by atoms with Crippen LogP contribution in [0.15, 0.2) is 69.6 Å². The molecule has 6 nitrogen and oxygen atoms in total. The van der Waals surface area contributed by atoms with Crippen molar-refractivity contribution in [3.63, 3.8) is 0 Å². The zero-order valence-electron chi connectivity index (χ0n) is 19.4. The third-order valence-electron chi connectivity index (χ3n) is 5.26. The fraction of sp³-hybridized carbons (Fsp3) is 0.269. The van der Waals surface area contributed by atoms with Crippen molar-refractivity contribution in [3.8, 4) is 5.75 Å². The molecule has 176 valence electrons. The Morgan fingerprint density at radius 3 is 2.47 bits per heavy atom. The number of hydrogen-bond acceptors (Lipinski definition) is 6. The maximum atomic E-state index is 13.6. The fourth-order valence-corrected chi connectivity index (χ4v) is 5.21. The van der Waals surface area contributed by atoms with E-state index in [4.69, 9.17) is 9.47 Å². The normalized spacial score (nSPS) is 15.8. The van der Waals surface area contributed by atoms with Crippen LogP contribution in [0.5, 0.6) is 5.75 Å². The molecule has 0 amide bonds. The highest BCUT2D eigenvalue weighted by atomic mass is 127. The molecule has 1 aliphatic rings. The van der Waals surface area contributed by atoms with Gasteiger partial charge in [0.15, 0.2) is 4.80 Å². The van der Waals surface area contributed by atoms with Crippen LogP contribution < -0.4 is 19.6 Å². The number of hydrogen-bond donors (Lipinski definition) is 0. The van der Waals surface area contributed by atoms with E-state index < -0.39 is 12.0 Å². The Labute approximate surface area is 215 Å². The van der Waals surface area contributed by atoms with Crippen LogP contribution in [-0.2, 0) is 9.53 Å². The van der Waals surface area contributed by atoms with Crippen LogP contribution >= 0.6 is 33.9 Å². The maximum absolute atomic E-state index is 13.6. The lowest BCUT2D eigenvalue weighted by atomic mass is 9.96. The van der Waals surface area contributed by atoms with Gasteiger partial charge in [0, 0.05) is 3.57 Å². The summed E-state index contributed by atoms with van der Waals surface area (Å²) in [5, 5.41) is 0. The topological polar surface area (TPSA) is 69.9 Å². The first-order chi connectivity index (χ1) is 16.3. The van der Waals surface area contributed by atoms with E-state index in [-0.39, 0.29) is 11.7 Å². The lowest BCUT2D eigenvalue weighted by molar-refractivity contribution is -0.143. The van der Waals surface area contributed by atoms with E-state index in [0.717, 1.165) is 20.4 Å². The van der Waals surface area contributed by atoms with E-state index in [2.05, 4.69) is 27.6 Å². The molecule has 1 aromatic heterocycles. The molecule has 0 saturated heterocycles. The molecule has 0 N–H and O–H groups in total. The summed E-state index contributed by atoms with van der Waals surface area (Å²) >= 11 is 3.57. The molecule has 8 heteroatoms. The van der Waals surface area contributed by atoms with Gasteiger partial charge in [-0.3, -0.25) is 9.36 Å². The second-order valence-electron chi connectivity index (χ2n) is 8.09. The summed E-state index contributed by atoms with van der Waals surface area (Å²) in [5.74, 6) is 0.256. The average Bonchev–Trinajstić information content (AvgIpc) is 3.09. The summed E-state index contributed by atoms with van der Waals surface area (Å²) in [5.41, 5.74) is 2.44. The minimum atomic E-state index is -0.642. The summed E-state index contributed by atoms with van der Waals surface area (Å²) in [6.45, 7) is 7.87. The second-order valence-corrected chi connectivity index (χ2v) is 10.3. The second kappa shape index (κ2) is 10.3. The van der Waals surface area contributed by atoms with E-state index >= 15 is 0 Å². The number of thiazole rings is 1. The fourth-order valence-electron chi connectivity index (χ4n) is 3.80. The third kappa shape index (κ3) is 5.02. The van der Waals surface area contributed by atoms with E-state index in [1.54, 1.807) is 25.3 Å². The van der Waals surface area contributed by atoms with Gasteiger partial charge < -0.3 is 9.47 Å². The molecule has 1 atom stereocenters. The molecule has 34 heavy (non-hydrogen) atoms. The van der Waals surface area contributed by atoms with Gasteiger partial charge >= 0.3 is 5.97 Å². The van der Waals surface area contributed by atoms with Gasteiger partial charge in [0.1, 0.15) is 5.75 Å². The Balaban J connectivity index is 1.90. The summed E-state index contributed by atoms with van der Waals surface area (Å²) in [7, 11) is 0. The lowest BCUT2D eigenvalue weighted by Gasteiger charge is -2.25. The Kier molecular flexibility index (Phi) is 7.37. The van der Waals surface area contributed by atoms with Crippen molar-refractivity contribution < 1.29 is 14.3 Å². The monoisotopic (exact) mass is 588 g/mol. The molecule has 0 spiro atoms. The number of carbonyl (C=O) groups excluding carboxylic acids is 1. The number of allylic oxidation sites excluding steroid dienone is 1. The van der Waals surface area contributed by atoms with Crippen LogP contribution in [0.2, 0.25) is 0 Å². The van der Waals surface area contributed by atoms with E-state index in [0.29, 0.717) is 27.2 Å². The third-order valence-corrected chi connectivity index (χ3v) is 6.96. The first-order valence-electron chi connectivity index (χ1n) is 11.0. The lowest BCUT2D eigenvalue weighted by Crippen LogP contribution is -2.40. The largest absolute Gasteiger partial charge is 0.494 e. The van der Waals surface area contributed by atoms with Crippen molar-refractivity contribution in [2.24, 2.45) is 4.99 Å². The van der Waals surface area contributed by atoms with Gasteiger partial charge in [-0.05, 0) is 91.8 Å². The number of ether oxygens (including phenoxy) is 2. The molecule has 2 aromatic carbocycles. The molecular formula is C26H25IN2O4S. The minimum Gasteiger partial charge on any atom is -0.494 e. The van der Waals surface area contributed by atoms with E-state index in [9.17, 15) is 9.59 Å². The Bertz CT molecular complexity index is 1420. The molecule has 0 aliphatic carbocycles. The number of aromatic nitrogens is 1. The quantitative estimate of drug-likeness (QED) is 0.320. The molecule has 1 aliphatic heterocycles. The number of carbonyl (C=O) groups is 1. The van der Waals surface area contributed by atoms with Gasteiger partial charge in [0.05, 0.1) is 34.6 Å². The van der Waals surface area contributed by atoms with Crippen LogP contribution in [0.3, 0.4) is 0 Å². The standard InChI is InChI=1S/C26H25IN2O4S/c1-5-32-20-12-8-18(9-13-20)23-22(25(31)33-15(2)3)16(4)28-26-29(23)24(30)21(34-26)14-17-6-10-19(27)11-7-17/h6-15,23H,5H2,1-4H3/b21-14+/t23-/m1/s1. The molecule has 2 heterocycles. The molecule has 0 bridgehead atoms. The minimum absolute atomic E-state index is 0.191. The number of nitrogens with zero attached hydrogens (tertiary/aromatic N) is 2. The Hall–Kier alpha value is -2.72. The first kappa shape index (κ1) is 24.4. The Morgan fingerprint density at radius 2 is 1.85 bits per heavy atom. The van der Waals surface area contributed by atoms with Crippen molar-refractivity contribution in [2.75, 3.05) is 6.61 Å². The highest BCUT2D eigenvalue weighted by Gasteiger charge is 2.33. The molecular weight excluding hydrogens is 563 g/mol. The number of rotatable bonds is 6. The van der Waals surface area contributed by atoms with Crippen molar-refractivity contribution in [2.45, 2.75) is 39.8 Å².